The largest absolute Gasteiger partial charge is 0.444 e. The number of β-amino-alcohol motifs (C(OH)–C–C–N with tert-alkyl or cyclic N) is 1. The van der Waals surface area contributed by atoms with Crippen LogP contribution in [0.2, 0.25) is 5.02 Å². The highest BCUT2D eigenvalue weighted by molar-refractivity contribution is 7.91. The van der Waals surface area contributed by atoms with Gasteiger partial charge in [0, 0.05) is 11.6 Å². The molecule has 168 valence electrons. The molecule has 6 nitrogen and oxygen atoms in total. The first-order chi connectivity index (χ1) is 14.5. The number of aliphatic hydroxyl groups excluding tert-OH is 1. The average molecular weight is 466 g/mol. The highest BCUT2D eigenvalue weighted by Gasteiger charge is 2.32. The van der Waals surface area contributed by atoms with Gasteiger partial charge >= 0.3 is 6.09 Å². The summed E-state index contributed by atoms with van der Waals surface area (Å²) in [6.07, 6.45) is -0.0254. The Kier molecular flexibility index (Phi) is 6.98. The number of benzene rings is 2. The number of likely N-dealkylation sites (tertiary alicyclic amines) is 1. The fourth-order valence-corrected chi connectivity index (χ4v) is 5.25. The van der Waals surface area contributed by atoms with Gasteiger partial charge in [0.05, 0.1) is 22.4 Å². The van der Waals surface area contributed by atoms with Gasteiger partial charge in [0.25, 0.3) is 0 Å². The summed E-state index contributed by atoms with van der Waals surface area (Å²) >= 11 is 5.95. The molecule has 0 aromatic heterocycles. The molecule has 1 aliphatic rings. The van der Waals surface area contributed by atoms with E-state index in [1.54, 1.807) is 51.1 Å². The molecular formula is C23H28ClNO5S. The van der Waals surface area contributed by atoms with E-state index in [0.29, 0.717) is 24.4 Å². The highest BCUT2D eigenvalue weighted by Crippen LogP contribution is 2.27. The van der Waals surface area contributed by atoms with Gasteiger partial charge in [-0.1, -0.05) is 29.8 Å². The van der Waals surface area contributed by atoms with Crippen LogP contribution in [0.25, 0.3) is 0 Å². The molecule has 0 bridgehead atoms. The monoisotopic (exact) mass is 465 g/mol. The predicted molar refractivity (Wildman–Crippen MR) is 119 cm³/mol. The van der Waals surface area contributed by atoms with E-state index < -0.39 is 27.6 Å². The minimum atomic E-state index is -3.69. The average Bonchev–Trinajstić information content (AvgIpc) is 2.68. The lowest BCUT2D eigenvalue weighted by Gasteiger charge is -2.36. The van der Waals surface area contributed by atoms with Gasteiger partial charge in [-0.05, 0) is 75.4 Å². The van der Waals surface area contributed by atoms with Gasteiger partial charge in [-0.3, -0.25) is 0 Å². The molecule has 1 saturated heterocycles. The van der Waals surface area contributed by atoms with Gasteiger partial charge in [-0.15, -0.1) is 0 Å². The Labute approximate surface area is 188 Å². The molecule has 1 aliphatic heterocycles. The minimum absolute atomic E-state index is 0.0807. The lowest BCUT2D eigenvalue weighted by molar-refractivity contribution is -0.0125. The number of carbonyl (C=O) groups excluding carboxylic acids is 1. The predicted octanol–water partition coefficient (Wildman–Crippen LogP) is 4.33. The zero-order chi connectivity index (χ0) is 22.8. The summed E-state index contributed by atoms with van der Waals surface area (Å²) in [5, 5.41) is 11.0. The van der Waals surface area contributed by atoms with Crippen LogP contribution in [0.1, 0.15) is 32.8 Å². The summed E-state index contributed by atoms with van der Waals surface area (Å²) in [4.78, 5) is 14.1. The van der Waals surface area contributed by atoms with Crippen molar-refractivity contribution in [1.29, 1.82) is 0 Å². The highest BCUT2D eigenvalue weighted by atomic mass is 35.5. The maximum Gasteiger partial charge on any atom is 0.410 e. The normalized spacial score (nSPS) is 19.8. The van der Waals surface area contributed by atoms with Gasteiger partial charge in [0.15, 0.2) is 0 Å². The second kappa shape index (κ2) is 9.18. The number of amides is 1. The van der Waals surface area contributed by atoms with E-state index in [9.17, 15) is 18.3 Å². The number of sulfone groups is 1. The molecular weight excluding hydrogens is 438 g/mol. The van der Waals surface area contributed by atoms with Gasteiger partial charge < -0.3 is 14.7 Å². The van der Waals surface area contributed by atoms with E-state index in [4.69, 9.17) is 16.3 Å². The fraction of sp³-hybridized carbons (Fsp3) is 0.435. The van der Waals surface area contributed by atoms with E-state index in [2.05, 4.69) is 0 Å². The van der Waals surface area contributed by atoms with Crippen molar-refractivity contribution in [3.8, 4) is 0 Å². The summed E-state index contributed by atoms with van der Waals surface area (Å²) in [7, 11) is -3.69. The molecule has 2 atom stereocenters. The van der Waals surface area contributed by atoms with Crippen LogP contribution >= 0.6 is 11.6 Å². The maximum absolute atomic E-state index is 13.0. The first kappa shape index (κ1) is 23.6. The molecule has 2 aromatic rings. The SMILES string of the molecule is CC(C)(C)OC(=O)N1CCC(Cc2cccc(S(=O)(=O)c3cccc(Cl)c3)c2)C(O)C1. The van der Waals surface area contributed by atoms with Crippen molar-refractivity contribution < 1.29 is 23.1 Å². The summed E-state index contributed by atoms with van der Waals surface area (Å²) in [6, 6.07) is 12.9. The van der Waals surface area contributed by atoms with Crippen LogP contribution in [0.4, 0.5) is 4.79 Å². The van der Waals surface area contributed by atoms with E-state index in [0.717, 1.165) is 5.56 Å². The molecule has 3 rings (SSSR count). The number of aliphatic hydroxyl groups is 1. The van der Waals surface area contributed by atoms with Crippen LogP contribution in [0.15, 0.2) is 58.3 Å². The molecule has 31 heavy (non-hydrogen) atoms. The smallest absolute Gasteiger partial charge is 0.410 e. The van der Waals surface area contributed by atoms with Crippen molar-refractivity contribution in [2.75, 3.05) is 13.1 Å². The second-order valence-corrected chi connectivity index (χ2v) is 11.2. The second-order valence-electron chi connectivity index (χ2n) is 8.85. The molecule has 1 heterocycles. The quantitative estimate of drug-likeness (QED) is 0.726. The molecule has 1 N–H and O–H groups in total. The zero-order valence-electron chi connectivity index (χ0n) is 17.9. The van der Waals surface area contributed by atoms with Crippen molar-refractivity contribution in [1.82, 2.24) is 4.90 Å². The van der Waals surface area contributed by atoms with E-state index in [1.807, 2.05) is 6.07 Å². The first-order valence-electron chi connectivity index (χ1n) is 10.2. The summed E-state index contributed by atoms with van der Waals surface area (Å²) in [5.41, 5.74) is 0.228. The Balaban J connectivity index is 1.70. The number of carbonyl (C=O) groups is 1. The molecule has 0 aliphatic carbocycles. The molecule has 1 fully saturated rings. The van der Waals surface area contributed by atoms with Crippen LogP contribution < -0.4 is 0 Å². The van der Waals surface area contributed by atoms with Crippen LogP contribution in [-0.4, -0.2) is 49.3 Å². The Morgan fingerprint density at radius 3 is 2.42 bits per heavy atom. The molecule has 0 radical (unpaired) electrons. The van der Waals surface area contributed by atoms with Crippen molar-refractivity contribution in [3.63, 3.8) is 0 Å². The maximum atomic E-state index is 13.0. The molecule has 2 unspecified atom stereocenters. The minimum Gasteiger partial charge on any atom is -0.444 e. The Bertz CT molecular complexity index is 1050. The van der Waals surface area contributed by atoms with Gasteiger partial charge in [-0.25, -0.2) is 13.2 Å². The standard InChI is InChI=1S/C23H28ClNO5S/c1-23(2,3)30-22(27)25-11-10-17(21(26)15-25)12-16-6-4-8-19(13-16)31(28,29)20-9-5-7-18(24)14-20/h4-9,13-14,17,21,26H,10-12,15H2,1-3H3. The van der Waals surface area contributed by atoms with Gasteiger partial charge in [0.1, 0.15) is 5.60 Å². The van der Waals surface area contributed by atoms with Crippen LogP contribution in [0, 0.1) is 5.92 Å². The van der Waals surface area contributed by atoms with E-state index in [-0.39, 0.29) is 22.3 Å². The van der Waals surface area contributed by atoms with Crippen LogP contribution in [0.5, 0.6) is 0 Å². The Morgan fingerprint density at radius 2 is 1.81 bits per heavy atom. The van der Waals surface area contributed by atoms with Gasteiger partial charge in [-0.2, -0.15) is 0 Å². The summed E-state index contributed by atoms with van der Waals surface area (Å²) in [5.74, 6) is -0.0807. The number of rotatable bonds is 4. The topological polar surface area (TPSA) is 83.9 Å². The summed E-state index contributed by atoms with van der Waals surface area (Å²) in [6.45, 7) is 6.09. The van der Waals surface area contributed by atoms with Crippen LogP contribution in [-0.2, 0) is 21.0 Å². The van der Waals surface area contributed by atoms with Crippen molar-refractivity contribution >= 4 is 27.5 Å². The van der Waals surface area contributed by atoms with Crippen molar-refractivity contribution in [2.45, 2.75) is 55.1 Å². The molecule has 0 saturated carbocycles. The lowest BCUT2D eigenvalue weighted by atomic mass is 9.88. The van der Waals surface area contributed by atoms with E-state index in [1.165, 1.54) is 17.0 Å². The number of halogens is 1. The van der Waals surface area contributed by atoms with Crippen LogP contribution in [0.3, 0.4) is 0 Å². The Morgan fingerprint density at radius 1 is 1.16 bits per heavy atom. The third-order valence-electron chi connectivity index (χ3n) is 5.19. The van der Waals surface area contributed by atoms with E-state index >= 15 is 0 Å². The van der Waals surface area contributed by atoms with Gasteiger partial charge in [0.2, 0.25) is 9.84 Å². The van der Waals surface area contributed by atoms with Crippen molar-refractivity contribution in [2.24, 2.45) is 5.92 Å². The number of piperidine rings is 1. The Hall–Kier alpha value is -2.09. The zero-order valence-corrected chi connectivity index (χ0v) is 19.5. The first-order valence-corrected chi connectivity index (χ1v) is 12.1. The molecule has 2 aromatic carbocycles. The third kappa shape index (κ3) is 5.99. The number of nitrogens with zero attached hydrogens (tertiary/aromatic N) is 1. The fourth-order valence-electron chi connectivity index (χ4n) is 3.62. The molecule has 1 amide bonds. The van der Waals surface area contributed by atoms with Crippen molar-refractivity contribution in [3.05, 3.63) is 59.1 Å². The molecule has 8 heteroatoms. The third-order valence-corrected chi connectivity index (χ3v) is 7.17. The number of ether oxygens (including phenoxy) is 1. The summed E-state index contributed by atoms with van der Waals surface area (Å²) < 4.78 is 31.3. The lowest BCUT2D eigenvalue weighted by Crippen LogP contribution is -2.48. The number of hydrogen-bond donors (Lipinski definition) is 1. The number of hydrogen-bond acceptors (Lipinski definition) is 5. The molecule has 0 spiro atoms.